The number of allylic oxidation sites excluding steroid dienone is 2. The first-order valence-corrected chi connectivity index (χ1v) is 5.58. The van der Waals surface area contributed by atoms with E-state index >= 15 is 0 Å². The Hall–Kier alpha value is -1.31. The van der Waals surface area contributed by atoms with E-state index in [4.69, 9.17) is 5.41 Å². The molecular weight excluding hydrogens is 181 g/mol. The van der Waals surface area contributed by atoms with Crippen LogP contribution in [0.1, 0.15) is 18.1 Å². The molecule has 0 saturated heterocycles. The largest absolute Gasteiger partial charge is 0.316 e. The van der Waals surface area contributed by atoms with E-state index < -0.39 is 0 Å². The Balaban J connectivity index is 2.51. The summed E-state index contributed by atoms with van der Waals surface area (Å²) in [5, 5.41) is 7.48. The third-order valence-corrected chi connectivity index (χ3v) is 2.48. The lowest BCUT2D eigenvalue weighted by Crippen LogP contribution is -1.98. The van der Waals surface area contributed by atoms with Gasteiger partial charge in [-0.1, -0.05) is 50.2 Å². The zero-order valence-corrected chi connectivity index (χ0v) is 9.59. The molecule has 1 N–H and O–H groups in total. The van der Waals surface area contributed by atoms with Gasteiger partial charge in [0.2, 0.25) is 0 Å². The average Bonchev–Trinajstić information content (AvgIpc) is 2.29. The number of rotatable bonds is 5. The highest BCUT2D eigenvalue weighted by atomic mass is 14.3. The van der Waals surface area contributed by atoms with Crippen LogP contribution in [-0.4, -0.2) is 12.9 Å². The molecule has 0 heterocycles. The normalized spacial score (nSPS) is 10.5. The van der Waals surface area contributed by atoms with Crippen LogP contribution in [0.4, 0.5) is 0 Å². The minimum absolute atomic E-state index is 0.695. The summed E-state index contributed by atoms with van der Waals surface area (Å²) in [6.07, 6.45) is 5.98. The molecule has 0 atom stereocenters. The highest BCUT2D eigenvalue weighted by molar-refractivity contribution is 6.76. The Morgan fingerprint density at radius 2 is 1.87 bits per heavy atom. The summed E-state index contributed by atoms with van der Waals surface area (Å²) in [5.41, 5.74) is 3.39. The van der Waals surface area contributed by atoms with E-state index in [1.165, 1.54) is 11.1 Å². The molecule has 1 aromatic carbocycles. The van der Waals surface area contributed by atoms with Gasteiger partial charge in [0.15, 0.2) is 7.28 Å². The van der Waals surface area contributed by atoms with Gasteiger partial charge in [-0.2, -0.15) is 0 Å². The molecule has 0 fully saturated rings. The number of benzene rings is 1. The van der Waals surface area contributed by atoms with Crippen LogP contribution in [0.25, 0.3) is 0 Å². The molecule has 0 aromatic heterocycles. The molecule has 1 nitrogen and oxygen atoms in total. The first kappa shape index (κ1) is 11.8. The Morgan fingerprint density at radius 1 is 1.27 bits per heavy atom. The van der Waals surface area contributed by atoms with E-state index in [9.17, 15) is 0 Å². The van der Waals surface area contributed by atoms with Crippen LogP contribution in [0.3, 0.4) is 0 Å². The van der Waals surface area contributed by atoms with Crippen LogP contribution in [0, 0.1) is 5.41 Å². The van der Waals surface area contributed by atoms with Gasteiger partial charge < -0.3 is 5.41 Å². The zero-order valence-electron chi connectivity index (χ0n) is 9.59. The summed E-state index contributed by atoms with van der Waals surface area (Å²) in [5.74, 6) is 0. The smallest absolute Gasteiger partial charge is 0.178 e. The lowest BCUT2D eigenvalue weighted by molar-refractivity contribution is 1.13. The summed E-state index contributed by atoms with van der Waals surface area (Å²) in [7, 11) is 0.811. The molecule has 1 rings (SSSR count). The number of hydrogen-bond donors (Lipinski definition) is 1. The Kier molecular flexibility index (Phi) is 4.89. The van der Waals surface area contributed by atoms with Crippen molar-refractivity contribution in [2.24, 2.45) is 0 Å². The van der Waals surface area contributed by atoms with Crippen molar-refractivity contribution < 1.29 is 0 Å². The predicted octanol–water partition coefficient (Wildman–Crippen LogP) is 2.81. The summed E-state index contributed by atoms with van der Waals surface area (Å²) < 4.78 is 0. The standard InChI is InChI=1S/C13H18BN/c1-3-11-7-9-12(10-8-11)5-4-6-13(15)14-2/h4,6-10,14-15H,3,5H2,1-2H3/b6-4-,15-13?. The van der Waals surface area contributed by atoms with E-state index in [2.05, 4.69) is 37.3 Å². The summed E-state index contributed by atoms with van der Waals surface area (Å²) >= 11 is 0. The molecule has 0 saturated carbocycles. The lowest BCUT2D eigenvalue weighted by Gasteiger charge is -1.99. The van der Waals surface area contributed by atoms with Crippen LogP contribution < -0.4 is 0 Å². The molecule has 78 valence electrons. The molecule has 2 heteroatoms. The number of hydrogen-bond acceptors (Lipinski definition) is 1. The molecule has 1 aromatic rings. The van der Waals surface area contributed by atoms with Gasteiger partial charge in [0.05, 0.1) is 0 Å². The molecule has 0 aliphatic heterocycles. The summed E-state index contributed by atoms with van der Waals surface area (Å²) in [6.45, 7) is 4.17. The van der Waals surface area contributed by atoms with Gasteiger partial charge in [-0.05, 0) is 29.6 Å². The Morgan fingerprint density at radius 3 is 2.40 bits per heavy atom. The molecule has 0 spiro atoms. The quantitative estimate of drug-likeness (QED) is 0.556. The molecule has 0 radical (unpaired) electrons. The van der Waals surface area contributed by atoms with Gasteiger partial charge in [-0.15, -0.1) is 0 Å². The maximum absolute atomic E-state index is 7.48. The zero-order chi connectivity index (χ0) is 11.1. The van der Waals surface area contributed by atoms with Gasteiger partial charge >= 0.3 is 0 Å². The first-order chi connectivity index (χ1) is 7.26. The van der Waals surface area contributed by atoms with Crippen molar-refractivity contribution in [3.8, 4) is 0 Å². The fourth-order valence-electron chi connectivity index (χ4n) is 1.37. The molecule has 0 aliphatic carbocycles. The van der Waals surface area contributed by atoms with E-state index in [-0.39, 0.29) is 0 Å². The molecule has 0 bridgehead atoms. The van der Waals surface area contributed by atoms with Crippen LogP contribution in [0.2, 0.25) is 6.82 Å². The van der Waals surface area contributed by atoms with E-state index in [0.717, 1.165) is 20.1 Å². The van der Waals surface area contributed by atoms with Crippen molar-refractivity contribution in [3.05, 3.63) is 47.5 Å². The van der Waals surface area contributed by atoms with Crippen molar-refractivity contribution in [2.75, 3.05) is 0 Å². The van der Waals surface area contributed by atoms with E-state index in [0.29, 0.717) is 5.61 Å². The maximum atomic E-state index is 7.48. The molecular formula is C13H18BN. The van der Waals surface area contributed by atoms with E-state index in [1.54, 1.807) is 0 Å². The van der Waals surface area contributed by atoms with Gasteiger partial charge in [0, 0.05) is 0 Å². The van der Waals surface area contributed by atoms with Crippen LogP contribution in [0.15, 0.2) is 36.4 Å². The summed E-state index contributed by atoms with van der Waals surface area (Å²) in [6, 6.07) is 8.68. The minimum Gasteiger partial charge on any atom is -0.316 e. The summed E-state index contributed by atoms with van der Waals surface area (Å²) in [4.78, 5) is 0. The first-order valence-electron chi connectivity index (χ1n) is 5.58. The van der Waals surface area contributed by atoms with Crippen LogP contribution in [-0.2, 0) is 12.8 Å². The predicted molar refractivity (Wildman–Crippen MR) is 69.4 cm³/mol. The second-order valence-electron chi connectivity index (χ2n) is 3.66. The van der Waals surface area contributed by atoms with Gasteiger partial charge in [-0.3, -0.25) is 0 Å². The average molecular weight is 199 g/mol. The Labute approximate surface area is 93.0 Å². The lowest BCUT2D eigenvalue weighted by atomic mass is 9.75. The maximum Gasteiger partial charge on any atom is 0.178 e. The number of aryl methyl sites for hydroxylation is 1. The van der Waals surface area contributed by atoms with Crippen LogP contribution in [0.5, 0.6) is 0 Å². The molecule has 0 unspecified atom stereocenters. The van der Waals surface area contributed by atoms with Gasteiger partial charge in [-0.25, -0.2) is 0 Å². The third kappa shape index (κ3) is 4.15. The molecule has 0 amide bonds. The fraction of sp³-hybridized carbons (Fsp3) is 0.308. The second kappa shape index (κ2) is 6.23. The van der Waals surface area contributed by atoms with Gasteiger partial charge in [0.1, 0.15) is 0 Å². The van der Waals surface area contributed by atoms with Crippen molar-refractivity contribution >= 4 is 12.9 Å². The Bertz CT molecular complexity index is 338. The van der Waals surface area contributed by atoms with Crippen molar-refractivity contribution in [1.82, 2.24) is 0 Å². The second-order valence-corrected chi connectivity index (χ2v) is 3.66. The SMILES string of the molecule is CBC(=N)/C=C\Cc1ccc(CC)cc1. The molecule has 15 heavy (non-hydrogen) atoms. The minimum atomic E-state index is 0.695. The monoisotopic (exact) mass is 199 g/mol. The van der Waals surface area contributed by atoms with Crippen molar-refractivity contribution in [1.29, 1.82) is 5.41 Å². The fourth-order valence-corrected chi connectivity index (χ4v) is 1.37. The van der Waals surface area contributed by atoms with Crippen molar-refractivity contribution in [2.45, 2.75) is 26.6 Å². The topological polar surface area (TPSA) is 23.9 Å². The number of nitrogens with one attached hydrogen (secondary N) is 1. The van der Waals surface area contributed by atoms with Crippen LogP contribution >= 0.6 is 0 Å². The molecule has 0 aliphatic rings. The third-order valence-electron chi connectivity index (χ3n) is 2.48. The van der Waals surface area contributed by atoms with Gasteiger partial charge in [0.25, 0.3) is 0 Å². The van der Waals surface area contributed by atoms with E-state index in [1.807, 2.05) is 12.9 Å². The highest BCUT2D eigenvalue weighted by Crippen LogP contribution is 2.06. The van der Waals surface area contributed by atoms with Crippen molar-refractivity contribution in [3.63, 3.8) is 0 Å². The highest BCUT2D eigenvalue weighted by Gasteiger charge is 1.91.